The molecule has 2 aromatic carbocycles. The molecule has 0 aliphatic carbocycles. The summed E-state index contributed by atoms with van der Waals surface area (Å²) in [5.74, 6) is -0.0782. The van der Waals surface area contributed by atoms with Gasteiger partial charge in [-0.05, 0) is 41.3 Å². The van der Waals surface area contributed by atoms with E-state index in [1.807, 2.05) is 18.2 Å². The van der Waals surface area contributed by atoms with Crippen molar-refractivity contribution in [2.45, 2.75) is 18.4 Å². The molecule has 3 aliphatic rings. The van der Waals surface area contributed by atoms with Crippen LogP contribution in [0.15, 0.2) is 36.4 Å². The van der Waals surface area contributed by atoms with Crippen molar-refractivity contribution >= 4 is 11.9 Å². The Hall–Kier alpha value is -3.02. The fourth-order valence-electron chi connectivity index (χ4n) is 4.22. The highest BCUT2D eigenvalue weighted by atomic mass is 16.7. The third-order valence-corrected chi connectivity index (χ3v) is 5.40. The molecule has 25 heavy (non-hydrogen) atoms. The highest BCUT2D eigenvalue weighted by Crippen LogP contribution is 2.47. The molecule has 0 fully saturated rings. The van der Waals surface area contributed by atoms with Crippen molar-refractivity contribution in [3.05, 3.63) is 58.7 Å². The van der Waals surface area contributed by atoms with E-state index in [9.17, 15) is 14.7 Å². The van der Waals surface area contributed by atoms with Gasteiger partial charge in [-0.2, -0.15) is 0 Å². The first kappa shape index (κ1) is 14.3. The Morgan fingerprint density at radius 3 is 2.68 bits per heavy atom. The molecule has 3 aliphatic heterocycles. The molecular weight excluding hydrogens is 322 g/mol. The smallest absolute Gasteiger partial charge is 0.334 e. The minimum Gasteiger partial charge on any atom is -0.479 e. The normalized spacial score (nSPS) is 22.9. The van der Waals surface area contributed by atoms with Crippen LogP contribution in [0.2, 0.25) is 0 Å². The van der Waals surface area contributed by atoms with Crippen LogP contribution < -0.4 is 9.47 Å². The second kappa shape index (κ2) is 4.75. The van der Waals surface area contributed by atoms with Gasteiger partial charge in [0, 0.05) is 18.5 Å². The molecule has 0 saturated carbocycles. The lowest BCUT2D eigenvalue weighted by molar-refractivity contribution is -0.151. The van der Waals surface area contributed by atoms with Gasteiger partial charge in [-0.1, -0.05) is 18.2 Å². The van der Waals surface area contributed by atoms with E-state index in [1.54, 1.807) is 18.2 Å². The number of amides is 1. The Morgan fingerprint density at radius 2 is 1.88 bits per heavy atom. The van der Waals surface area contributed by atoms with Gasteiger partial charge in [0.2, 0.25) is 6.79 Å². The number of carboxylic acids is 1. The van der Waals surface area contributed by atoms with Gasteiger partial charge in [0.1, 0.15) is 0 Å². The average molecular weight is 337 g/mol. The maximum absolute atomic E-state index is 13.0. The van der Waals surface area contributed by atoms with E-state index in [-0.39, 0.29) is 19.1 Å². The summed E-state index contributed by atoms with van der Waals surface area (Å²) in [7, 11) is 0. The summed E-state index contributed by atoms with van der Waals surface area (Å²) in [5, 5.41) is 10.2. The molecular formula is C19H15NO5. The molecule has 0 radical (unpaired) electrons. The topological polar surface area (TPSA) is 76.1 Å². The molecule has 2 aromatic rings. The largest absolute Gasteiger partial charge is 0.479 e. The van der Waals surface area contributed by atoms with Crippen LogP contribution >= 0.6 is 0 Å². The van der Waals surface area contributed by atoms with E-state index in [2.05, 4.69) is 0 Å². The van der Waals surface area contributed by atoms with Crippen LogP contribution in [-0.4, -0.2) is 35.2 Å². The van der Waals surface area contributed by atoms with Crippen LogP contribution in [0.4, 0.5) is 0 Å². The number of aliphatic carboxylic acids is 1. The van der Waals surface area contributed by atoms with Crippen molar-refractivity contribution in [2.75, 3.05) is 13.3 Å². The summed E-state index contributed by atoms with van der Waals surface area (Å²) < 4.78 is 10.9. The van der Waals surface area contributed by atoms with Gasteiger partial charge in [0.15, 0.2) is 17.0 Å². The molecule has 0 saturated heterocycles. The molecule has 1 N–H and O–H groups in total. The fraction of sp³-hybridized carbons (Fsp3) is 0.263. The van der Waals surface area contributed by atoms with Crippen LogP contribution in [0.5, 0.6) is 11.5 Å². The van der Waals surface area contributed by atoms with E-state index < -0.39 is 11.5 Å². The summed E-state index contributed by atoms with van der Waals surface area (Å²) in [5.41, 5.74) is 1.47. The zero-order chi connectivity index (χ0) is 17.2. The number of benzene rings is 2. The van der Waals surface area contributed by atoms with Crippen LogP contribution in [-0.2, 0) is 23.2 Å². The number of carboxylic acid groups (broad SMARTS) is 1. The van der Waals surface area contributed by atoms with Crippen molar-refractivity contribution in [1.29, 1.82) is 0 Å². The molecule has 1 atom stereocenters. The van der Waals surface area contributed by atoms with Crippen LogP contribution in [0, 0.1) is 0 Å². The molecule has 3 heterocycles. The minimum atomic E-state index is -1.40. The number of ether oxygens (including phenoxy) is 2. The van der Waals surface area contributed by atoms with Crippen molar-refractivity contribution in [2.24, 2.45) is 0 Å². The Bertz CT molecular complexity index is 937. The highest BCUT2D eigenvalue weighted by Gasteiger charge is 2.55. The van der Waals surface area contributed by atoms with E-state index in [1.165, 1.54) is 4.90 Å². The standard InChI is InChI=1S/C19H15NO5/c21-17-13-4-2-1-3-12(13)9-19(18(22)23)14-8-16-15(24-10-25-16)7-11(14)5-6-20(17)19/h1-4,7-8H,5-6,9-10H2,(H,22,23). The van der Waals surface area contributed by atoms with Gasteiger partial charge in [0.05, 0.1) is 0 Å². The summed E-state index contributed by atoms with van der Waals surface area (Å²) in [4.78, 5) is 27.0. The minimum absolute atomic E-state index is 0.129. The van der Waals surface area contributed by atoms with Gasteiger partial charge in [-0.3, -0.25) is 4.79 Å². The van der Waals surface area contributed by atoms with Gasteiger partial charge in [-0.25, -0.2) is 4.79 Å². The molecule has 0 spiro atoms. The maximum atomic E-state index is 13.0. The number of carbonyl (C=O) groups excluding carboxylic acids is 1. The van der Waals surface area contributed by atoms with E-state index >= 15 is 0 Å². The van der Waals surface area contributed by atoms with Gasteiger partial charge in [0.25, 0.3) is 5.91 Å². The first-order valence-corrected chi connectivity index (χ1v) is 8.17. The molecule has 1 amide bonds. The van der Waals surface area contributed by atoms with Crippen molar-refractivity contribution < 1.29 is 24.2 Å². The number of fused-ring (bicyclic) bond motifs is 5. The third-order valence-electron chi connectivity index (χ3n) is 5.40. The quantitative estimate of drug-likeness (QED) is 0.861. The lowest BCUT2D eigenvalue weighted by Gasteiger charge is -2.48. The predicted molar refractivity (Wildman–Crippen MR) is 86.8 cm³/mol. The van der Waals surface area contributed by atoms with Crippen LogP contribution in [0.25, 0.3) is 0 Å². The van der Waals surface area contributed by atoms with Gasteiger partial charge >= 0.3 is 5.97 Å². The molecule has 1 unspecified atom stereocenters. The lowest BCUT2D eigenvalue weighted by atomic mass is 9.72. The Labute approximate surface area is 143 Å². The number of rotatable bonds is 1. The zero-order valence-corrected chi connectivity index (χ0v) is 13.3. The molecule has 6 heteroatoms. The summed E-state index contributed by atoms with van der Waals surface area (Å²) in [6.45, 7) is 0.496. The molecule has 126 valence electrons. The molecule has 5 rings (SSSR count). The maximum Gasteiger partial charge on any atom is 0.334 e. The average Bonchev–Trinajstić information content (AvgIpc) is 3.07. The Kier molecular flexibility index (Phi) is 2.72. The lowest BCUT2D eigenvalue weighted by Crippen LogP contribution is -2.61. The Balaban J connectivity index is 1.78. The van der Waals surface area contributed by atoms with Gasteiger partial charge < -0.3 is 19.5 Å². The third kappa shape index (κ3) is 1.74. The van der Waals surface area contributed by atoms with Crippen LogP contribution in [0.3, 0.4) is 0 Å². The van der Waals surface area contributed by atoms with E-state index in [0.29, 0.717) is 35.6 Å². The summed E-state index contributed by atoms with van der Waals surface area (Å²) >= 11 is 0. The first-order valence-electron chi connectivity index (χ1n) is 8.17. The SMILES string of the molecule is O=C1c2ccccc2CC2(C(=O)O)c3cc4c(cc3CCN12)OCO4. The number of hydrogen-bond acceptors (Lipinski definition) is 4. The monoisotopic (exact) mass is 337 g/mol. The van der Waals surface area contributed by atoms with Crippen molar-refractivity contribution in [3.8, 4) is 11.5 Å². The summed E-state index contributed by atoms with van der Waals surface area (Å²) in [6.07, 6.45) is 0.839. The van der Waals surface area contributed by atoms with E-state index in [4.69, 9.17) is 9.47 Å². The molecule has 0 bridgehead atoms. The van der Waals surface area contributed by atoms with Gasteiger partial charge in [-0.15, -0.1) is 0 Å². The van der Waals surface area contributed by atoms with Crippen LogP contribution in [0.1, 0.15) is 27.0 Å². The highest BCUT2D eigenvalue weighted by molar-refractivity contribution is 6.02. The predicted octanol–water partition coefficient (Wildman–Crippen LogP) is 1.95. The first-order chi connectivity index (χ1) is 12.1. The number of carbonyl (C=O) groups is 2. The van der Waals surface area contributed by atoms with E-state index in [0.717, 1.165) is 11.1 Å². The molecule has 0 aromatic heterocycles. The fourth-order valence-corrected chi connectivity index (χ4v) is 4.22. The summed E-state index contributed by atoms with van der Waals surface area (Å²) in [6, 6.07) is 10.8. The second-order valence-electron chi connectivity index (χ2n) is 6.57. The number of hydrogen-bond donors (Lipinski definition) is 1. The second-order valence-corrected chi connectivity index (χ2v) is 6.57. The van der Waals surface area contributed by atoms with Crippen molar-refractivity contribution in [3.63, 3.8) is 0 Å². The molecule has 6 nitrogen and oxygen atoms in total. The Morgan fingerprint density at radius 1 is 1.12 bits per heavy atom. The van der Waals surface area contributed by atoms with Crippen molar-refractivity contribution in [1.82, 2.24) is 4.90 Å². The number of nitrogens with zero attached hydrogens (tertiary/aromatic N) is 1. The zero-order valence-electron chi connectivity index (χ0n) is 13.3.